The number of alkyl halides is 3. The predicted octanol–water partition coefficient (Wildman–Crippen LogP) is 4.28. The number of likely N-dealkylation sites (tertiary alicyclic amines) is 1. The molecule has 4 rings (SSSR count). The molecule has 1 saturated carbocycles. The molecule has 190 valence electrons. The molecule has 1 aliphatic heterocycles. The number of aliphatic hydroxyl groups is 1. The first kappa shape index (κ1) is 25.4. The molecule has 1 aromatic heterocycles. The third kappa shape index (κ3) is 6.32. The number of rotatable bonds is 6. The van der Waals surface area contributed by atoms with Gasteiger partial charge in [0.25, 0.3) is 5.91 Å². The number of nitrogens with one attached hydrogen (secondary N) is 1. The Hall–Kier alpha value is -2.65. The second-order valence-corrected chi connectivity index (χ2v) is 10.2. The maximum atomic E-state index is 12.8. The van der Waals surface area contributed by atoms with Crippen molar-refractivity contribution in [3.05, 3.63) is 47.7 Å². The number of aromatic nitrogens is 1. The third-order valence-corrected chi connectivity index (χ3v) is 7.37. The molecule has 1 saturated heterocycles. The van der Waals surface area contributed by atoms with Crippen LogP contribution in [-0.2, 0) is 5.41 Å². The van der Waals surface area contributed by atoms with Gasteiger partial charge in [-0.25, -0.2) is 4.98 Å². The highest BCUT2D eigenvalue weighted by atomic mass is 19.4. The molecule has 2 aromatic rings. The van der Waals surface area contributed by atoms with E-state index in [0.29, 0.717) is 31.5 Å². The van der Waals surface area contributed by atoms with Crippen LogP contribution in [0.3, 0.4) is 0 Å². The summed E-state index contributed by atoms with van der Waals surface area (Å²) in [5.41, 5.74) is 8.83. The number of pyridine rings is 1. The van der Waals surface area contributed by atoms with Gasteiger partial charge < -0.3 is 21.1 Å². The lowest BCUT2D eigenvalue weighted by Crippen LogP contribution is -2.38. The average molecular weight is 491 g/mol. The van der Waals surface area contributed by atoms with Gasteiger partial charge in [-0.15, -0.1) is 0 Å². The molecule has 6 nitrogen and oxygen atoms in total. The number of aliphatic hydroxyl groups excluding tert-OH is 1. The van der Waals surface area contributed by atoms with Crippen LogP contribution in [0.1, 0.15) is 61.4 Å². The van der Waals surface area contributed by atoms with Crippen LogP contribution in [0, 0.1) is 0 Å². The summed E-state index contributed by atoms with van der Waals surface area (Å²) in [6.07, 6.45) is 0.0171. The highest BCUT2D eigenvalue weighted by molar-refractivity contribution is 5.99. The number of anilines is 1. The van der Waals surface area contributed by atoms with E-state index in [1.807, 2.05) is 29.2 Å². The van der Waals surface area contributed by atoms with Gasteiger partial charge in [0, 0.05) is 36.3 Å². The Balaban J connectivity index is 1.43. The first-order chi connectivity index (χ1) is 16.5. The molecule has 1 amide bonds. The van der Waals surface area contributed by atoms with Gasteiger partial charge in [0.1, 0.15) is 5.82 Å². The maximum absolute atomic E-state index is 12.8. The summed E-state index contributed by atoms with van der Waals surface area (Å²) in [4.78, 5) is 18.9. The van der Waals surface area contributed by atoms with Gasteiger partial charge in [-0.2, -0.15) is 13.2 Å². The number of nitrogens with zero attached hydrogens (tertiary/aromatic N) is 2. The fourth-order valence-corrected chi connectivity index (χ4v) is 5.13. The molecular formula is C26H33F3N4O2. The van der Waals surface area contributed by atoms with E-state index in [0.717, 1.165) is 36.0 Å². The van der Waals surface area contributed by atoms with E-state index >= 15 is 0 Å². The highest BCUT2D eigenvalue weighted by Gasteiger charge is 2.37. The van der Waals surface area contributed by atoms with Gasteiger partial charge in [0.2, 0.25) is 0 Å². The molecule has 0 bridgehead atoms. The summed E-state index contributed by atoms with van der Waals surface area (Å²) < 4.78 is 37.8. The van der Waals surface area contributed by atoms with Crippen LogP contribution in [0.5, 0.6) is 0 Å². The smallest absolute Gasteiger partial charge is 0.390 e. The number of hydrogen-bond acceptors (Lipinski definition) is 5. The second kappa shape index (κ2) is 10.1. The first-order valence-corrected chi connectivity index (χ1v) is 12.2. The molecule has 35 heavy (non-hydrogen) atoms. The molecule has 1 aromatic carbocycles. The quantitative estimate of drug-likeness (QED) is 0.562. The fraction of sp³-hybridized carbons (Fsp3) is 0.538. The van der Waals surface area contributed by atoms with Crippen molar-refractivity contribution in [3.8, 4) is 11.1 Å². The SMILES string of the molecule is C[C@]1(c2ccc(-c3cnc(N)c(C(=O)NC4CCC(O)CC4)c3)cc2)CCN(CCC(F)(F)F)C1. The van der Waals surface area contributed by atoms with Crippen LogP contribution in [0.15, 0.2) is 36.5 Å². The number of amides is 1. The molecule has 0 spiro atoms. The van der Waals surface area contributed by atoms with Gasteiger partial charge >= 0.3 is 6.18 Å². The molecule has 0 radical (unpaired) electrons. The number of carbonyl (C=O) groups excluding carboxylic acids is 1. The normalized spacial score (nSPS) is 25.5. The first-order valence-electron chi connectivity index (χ1n) is 12.2. The number of hydrogen-bond donors (Lipinski definition) is 3. The largest absolute Gasteiger partial charge is 0.393 e. The Morgan fingerprint density at radius 3 is 2.54 bits per heavy atom. The lowest BCUT2D eigenvalue weighted by atomic mass is 9.81. The van der Waals surface area contributed by atoms with Crippen molar-refractivity contribution in [2.75, 3.05) is 25.4 Å². The van der Waals surface area contributed by atoms with E-state index in [1.165, 1.54) is 0 Å². The monoisotopic (exact) mass is 490 g/mol. The zero-order valence-corrected chi connectivity index (χ0v) is 19.9. The fourth-order valence-electron chi connectivity index (χ4n) is 5.13. The highest BCUT2D eigenvalue weighted by Crippen LogP contribution is 2.36. The van der Waals surface area contributed by atoms with Crippen LogP contribution in [-0.4, -0.2) is 58.9 Å². The summed E-state index contributed by atoms with van der Waals surface area (Å²) in [5, 5.41) is 12.7. The molecule has 0 unspecified atom stereocenters. The zero-order valence-electron chi connectivity index (χ0n) is 19.9. The Kier molecular flexibility index (Phi) is 7.38. The number of carbonyl (C=O) groups is 1. The van der Waals surface area contributed by atoms with E-state index in [1.54, 1.807) is 12.3 Å². The van der Waals surface area contributed by atoms with Gasteiger partial charge in [-0.3, -0.25) is 4.79 Å². The Morgan fingerprint density at radius 2 is 1.89 bits per heavy atom. The van der Waals surface area contributed by atoms with Crippen molar-refractivity contribution in [2.24, 2.45) is 0 Å². The summed E-state index contributed by atoms with van der Waals surface area (Å²) in [6.45, 7) is 3.36. The number of halogens is 3. The van der Waals surface area contributed by atoms with Crippen molar-refractivity contribution < 1.29 is 23.1 Å². The van der Waals surface area contributed by atoms with Gasteiger partial charge in [-0.1, -0.05) is 31.2 Å². The van der Waals surface area contributed by atoms with Crippen molar-refractivity contribution in [1.29, 1.82) is 0 Å². The molecule has 2 fully saturated rings. The van der Waals surface area contributed by atoms with Crippen LogP contribution in [0.25, 0.3) is 11.1 Å². The Bertz CT molecular complexity index is 1040. The van der Waals surface area contributed by atoms with Crippen molar-refractivity contribution in [2.45, 2.75) is 69.2 Å². The van der Waals surface area contributed by atoms with Crippen LogP contribution >= 0.6 is 0 Å². The number of nitrogen functional groups attached to an aromatic ring is 1. The zero-order chi connectivity index (χ0) is 25.2. The van der Waals surface area contributed by atoms with Crippen LogP contribution in [0.2, 0.25) is 0 Å². The molecule has 1 aliphatic carbocycles. The topological polar surface area (TPSA) is 91.5 Å². The molecule has 9 heteroatoms. The average Bonchev–Trinajstić information content (AvgIpc) is 3.21. The van der Waals surface area contributed by atoms with Crippen molar-refractivity contribution in [1.82, 2.24) is 15.2 Å². The minimum Gasteiger partial charge on any atom is -0.393 e. The third-order valence-electron chi connectivity index (χ3n) is 7.37. The minimum atomic E-state index is -4.14. The lowest BCUT2D eigenvalue weighted by molar-refractivity contribution is -0.137. The van der Waals surface area contributed by atoms with E-state index in [-0.39, 0.29) is 35.8 Å². The Labute approximate surface area is 203 Å². The van der Waals surface area contributed by atoms with E-state index < -0.39 is 12.6 Å². The standard InChI is InChI=1S/C26H33F3N4O2/c1-25(10-12-33(16-25)13-11-26(27,28)29)19-4-2-17(3-5-19)18-14-22(23(30)31-15-18)24(35)32-20-6-8-21(34)9-7-20/h2-5,14-15,20-21,34H,6-13,16H2,1H3,(H2,30,31)(H,32,35)/t20?,21?,25-/m0/s1. The van der Waals surface area contributed by atoms with Crippen LogP contribution in [0.4, 0.5) is 19.0 Å². The summed E-state index contributed by atoms with van der Waals surface area (Å²) in [7, 11) is 0. The molecule has 2 heterocycles. The molecule has 2 aliphatic rings. The summed E-state index contributed by atoms with van der Waals surface area (Å²) in [6, 6.07) is 9.67. The summed E-state index contributed by atoms with van der Waals surface area (Å²) in [5.74, 6) is -0.108. The van der Waals surface area contributed by atoms with Gasteiger partial charge in [0.15, 0.2) is 0 Å². The number of nitrogens with two attached hydrogens (primary N) is 1. The van der Waals surface area contributed by atoms with Crippen molar-refractivity contribution in [3.63, 3.8) is 0 Å². The second-order valence-electron chi connectivity index (χ2n) is 10.2. The van der Waals surface area contributed by atoms with Crippen molar-refractivity contribution >= 4 is 11.7 Å². The lowest BCUT2D eigenvalue weighted by Gasteiger charge is -2.26. The maximum Gasteiger partial charge on any atom is 0.390 e. The summed E-state index contributed by atoms with van der Waals surface area (Å²) >= 11 is 0. The molecule has 4 N–H and O–H groups in total. The minimum absolute atomic E-state index is 0.0103. The predicted molar refractivity (Wildman–Crippen MR) is 129 cm³/mol. The van der Waals surface area contributed by atoms with E-state index in [2.05, 4.69) is 17.2 Å². The van der Waals surface area contributed by atoms with Crippen LogP contribution < -0.4 is 11.1 Å². The molecule has 1 atom stereocenters. The van der Waals surface area contributed by atoms with Gasteiger partial charge in [-0.05, 0) is 55.8 Å². The van der Waals surface area contributed by atoms with E-state index in [4.69, 9.17) is 5.73 Å². The molecular weight excluding hydrogens is 457 g/mol. The van der Waals surface area contributed by atoms with E-state index in [9.17, 15) is 23.1 Å². The number of benzene rings is 1. The van der Waals surface area contributed by atoms with Gasteiger partial charge in [0.05, 0.1) is 18.1 Å². The Morgan fingerprint density at radius 1 is 1.20 bits per heavy atom.